The quantitative estimate of drug-likeness (QED) is 0.874. The molecule has 5 nitrogen and oxygen atoms in total. The summed E-state index contributed by atoms with van der Waals surface area (Å²) in [5.41, 5.74) is 1.86. The smallest absolute Gasteiger partial charge is 0.153 e. The van der Waals surface area contributed by atoms with Crippen molar-refractivity contribution in [2.75, 3.05) is 18.4 Å². The summed E-state index contributed by atoms with van der Waals surface area (Å²) in [7, 11) is 0. The van der Waals surface area contributed by atoms with E-state index >= 15 is 0 Å². The largest absolute Gasteiger partial charge is 0.362 e. The van der Waals surface area contributed by atoms with Gasteiger partial charge < -0.3 is 10.6 Å². The maximum absolute atomic E-state index is 4.44. The second kappa shape index (κ2) is 4.93. The van der Waals surface area contributed by atoms with Gasteiger partial charge in [0.05, 0.1) is 0 Å². The van der Waals surface area contributed by atoms with Gasteiger partial charge in [0.1, 0.15) is 5.69 Å². The van der Waals surface area contributed by atoms with Crippen LogP contribution in [0.3, 0.4) is 0 Å². The van der Waals surface area contributed by atoms with Crippen LogP contribution in [0.15, 0.2) is 36.9 Å². The molecule has 2 aromatic heterocycles. The molecule has 5 heteroatoms. The highest BCUT2D eigenvalue weighted by molar-refractivity contribution is 5.70. The highest BCUT2D eigenvalue weighted by atomic mass is 15.1. The Morgan fingerprint density at radius 2 is 2.16 bits per heavy atom. The molecule has 98 valence electrons. The van der Waals surface area contributed by atoms with Crippen LogP contribution in [0.2, 0.25) is 0 Å². The second-order valence-electron chi connectivity index (χ2n) is 5.11. The average Bonchev–Trinajstić information content (AvgIpc) is 2.87. The summed E-state index contributed by atoms with van der Waals surface area (Å²) in [4.78, 5) is 13.0. The molecule has 1 aliphatic heterocycles. The monoisotopic (exact) mass is 255 g/mol. The maximum atomic E-state index is 4.44. The molecule has 3 heterocycles. The number of hydrogen-bond acceptors (Lipinski definition) is 5. The van der Waals surface area contributed by atoms with Crippen molar-refractivity contribution in [3.63, 3.8) is 0 Å². The molecule has 0 saturated carbocycles. The maximum Gasteiger partial charge on any atom is 0.153 e. The van der Waals surface area contributed by atoms with E-state index in [1.165, 1.54) is 0 Å². The number of pyridine rings is 1. The van der Waals surface area contributed by atoms with Crippen molar-refractivity contribution >= 4 is 5.82 Å². The Labute approximate surface area is 112 Å². The fourth-order valence-electron chi connectivity index (χ4n) is 2.35. The van der Waals surface area contributed by atoms with Gasteiger partial charge in [0, 0.05) is 42.4 Å². The fourth-order valence-corrected chi connectivity index (χ4v) is 2.35. The first-order valence-electron chi connectivity index (χ1n) is 6.47. The van der Waals surface area contributed by atoms with E-state index in [-0.39, 0.29) is 5.54 Å². The van der Waals surface area contributed by atoms with Gasteiger partial charge in [-0.3, -0.25) is 9.97 Å². The number of hydrogen-bond donors (Lipinski definition) is 2. The van der Waals surface area contributed by atoms with Crippen LogP contribution in [0.4, 0.5) is 5.82 Å². The topological polar surface area (TPSA) is 62.7 Å². The van der Waals surface area contributed by atoms with Crippen LogP contribution in [-0.2, 0) is 0 Å². The predicted octanol–water partition coefficient (Wildman–Crippen LogP) is 1.70. The second-order valence-corrected chi connectivity index (χ2v) is 5.11. The Morgan fingerprint density at radius 1 is 1.26 bits per heavy atom. The summed E-state index contributed by atoms with van der Waals surface area (Å²) in [6.07, 6.45) is 8.08. The van der Waals surface area contributed by atoms with Crippen LogP contribution in [0.5, 0.6) is 0 Å². The van der Waals surface area contributed by atoms with Crippen molar-refractivity contribution in [1.29, 1.82) is 0 Å². The molecule has 1 atom stereocenters. The highest BCUT2D eigenvalue weighted by Crippen LogP contribution is 2.27. The van der Waals surface area contributed by atoms with Crippen molar-refractivity contribution < 1.29 is 0 Å². The molecule has 2 aromatic rings. The molecule has 1 unspecified atom stereocenters. The van der Waals surface area contributed by atoms with E-state index in [1.807, 2.05) is 18.3 Å². The molecule has 1 aliphatic rings. The first-order chi connectivity index (χ1) is 9.27. The predicted molar refractivity (Wildman–Crippen MR) is 74.8 cm³/mol. The van der Waals surface area contributed by atoms with Gasteiger partial charge in [-0.15, -0.1) is 0 Å². The lowest BCUT2D eigenvalue weighted by Crippen LogP contribution is -2.37. The Hall–Kier alpha value is -2.01. The number of anilines is 1. The number of nitrogens with zero attached hydrogens (tertiary/aromatic N) is 3. The third-order valence-corrected chi connectivity index (χ3v) is 3.42. The zero-order valence-corrected chi connectivity index (χ0v) is 10.9. The van der Waals surface area contributed by atoms with Crippen molar-refractivity contribution in [2.45, 2.75) is 18.9 Å². The van der Waals surface area contributed by atoms with Crippen molar-refractivity contribution in [2.24, 2.45) is 0 Å². The molecule has 0 aliphatic carbocycles. The van der Waals surface area contributed by atoms with Crippen LogP contribution in [-0.4, -0.2) is 33.6 Å². The molecule has 2 N–H and O–H groups in total. The summed E-state index contributed by atoms with van der Waals surface area (Å²) in [6.45, 7) is 4.18. The minimum atomic E-state index is 0.0347. The summed E-state index contributed by atoms with van der Waals surface area (Å²) in [6, 6.07) is 3.91. The van der Waals surface area contributed by atoms with Gasteiger partial charge in [-0.1, -0.05) is 0 Å². The molecule has 0 aromatic carbocycles. The Balaban J connectivity index is 1.94. The number of aromatic nitrogens is 3. The summed E-state index contributed by atoms with van der Waals surface area (Å²) < 4.78 is 0. The van der Waals surface area contributed by atoms with Gasteiger partial charge in [0.25, 0.3) is 0 Å². The lowest BCUT2D eigenvalue weighted by Gasteiger charge is -2.26. The molecular weight excluding hydrogens is 238 g/mol. The van der Waals surface area contributed by atoms with E-state index in [0.717, 1.165) is 36.6 Å². The van der Waals surface area contributed by atoms with Gasteiger partial charge in [0.15, 0.2) is 5.82 Å². The summed E-state index contributed by atoms with van der Waals surface area (Å²) in [5, 5.41) is 6.89. The van der Waals surface area contributed by atoms with E-state index in [1.54, 1.807) is 18.6 Å². The zero-order chi connectivity index (χ0) is 13.1. The molecule has 19 heavy (non-hydrogen) atoms. The first-order valence-corrected chi connectivity index (χ1v) is 6.47. The lowest BCUT2D eigenvalue weighted by molar-refractivity contribution is 0.564. The third kappa shape index (κ3) is 2.56. The first kappa shape index (κ1) is 12.0. The Bertz CT molecular complexity index is 549. The van der Waals surface area contributed by atoms with Crippen molar-refractivity contribution in [1.82, 2.24) is 20.3 Å². The summed E-state index contributed by atoms with van der Waals surface area (Å²) in [5.74, 6) is 0.821. The third-order valence-electron chi connectivity index (χ3n) is 3.42. The van der Waals surface area contributed by atoms with Crippen molar-refractivity contribution in [3.8, 4) is 11.3 Å². The number of rotatable bonds is 3. The molecule has 1 saturated heterocycles. The van der Waals surface area contributed by atoms with Crippen LogP contribution >= 0.6 is 0 Å². The Kier molecular flexibility index (Phi) is 3.13. The molecule has 0 radical (unpaired) electrons. The molecule has 3 rings (SSSR count). The molecular formula is C14H17N5. The average molecular weight is 255 g/mol. The minimum absolute atomic E-state index is 0.0347. The van der Waals surface area contributed by atoms with Crippen molar-refractivity contribution in [3.05, 3.63) is 36.9 Å². The van der Waals surface area contributed by atoms with Crippen LogP contribution in [0, 0.1) is 0 Å². The van der Waals surface area contributed by atoms with E-state index in [9.17, 15) is 0 Å². The van der Waals surface area contributed by atoms with Crippen LogP contribution in [0.1, 0.15) is 13.3 Å². The molecule has 0 spiro atoms. The van der Waals surface area contributed by atoms with Gasteiger partial charge in [-0.05, 0) is 32.0 Å². The van der Waals surface area contributed by atoms with Gasteiger partial charge in [-0.2, -0.15) is 0 Å². The standard InChI is InChI=1S/C14H17N5/c1-14(4-6-16-10-14)19-13-12(17-7-8-18-13)11-3-2-5-15-9-11/h2-3,5,7-9,16H,4,6,10H2,1H3,(H,18,19). The van der Waals surface area contributed by atoms with Gasteiger partial charge in [-0.25, -0.2) is 4.98 Å². The molecule has 1 fully saturated rings. The summed E-state index contributed by atoms with van der Waals surface area (Å²) >= 11 is 0. The SMILES string of the molecule is CC1(Nc2nccnc2-c2cccnc2)CCNC1. The van der Waals surface area contributed by atoms with E-state index in [2.05, 4.69) is 32.5 Å². The van der Waals surface area contributed by atoms with Gasteiger partial charge >= 0.3 is 0 Å². The Morgan fingerprint density at radius 3 is 2.89 bits per heavy atom. The van der Waals surface area contributed by atoms with E-state index in [4.69, 9.17) is 0 Å². The fraction of sp³-hybridized carbons (Fsp3) is 0.357. The molecule has 0 bridgehead atoms. The highest BCUT2D eigenvalue weighted by Gasteiger charge is 2.29. The van der Waals surface area contributed by atoms with Gasteiger partial charge in [0.2, 0.25) is 0 Å². The van der Waals surface area contributed by atoms with Crippen LogP contribution < -0.4 is 10.6 Å². The van der Waals surface area contributed by atoms with E-state index < -0.39 is 0 Å². The molecule has 0 amide bonds. The normalized spacial score (nSPS) is 22.4. The van der Waals surface area contributed by atoms with E-state index in [0.29, 0.717) is 0 Å². The number of nitrogens with one attached hydrogen (secondary N) is 2. The lowest BCUT2D eigenvalue weighted by atomic mass is 10.0. The zero-order valence-electron chi connectivity index (χ0n) is 10.9. The minimum Gasteiger partial charge on any atom is -0.362 e. The van der Waals surface area contributed by atoms with Crippen LogP contribution in [0.25, 0.3) is 11.3 Å².